The molecule has 0 amide bonds. The second kappa shape index (κ2) is 7.28. The summed E-state index contributed by atoms with van der Waals surface area (Å²) in [5.74, 6) is 2.16. The van der Waals surface area contributed by atoms with Gasteiger partial charge >= 0.3 is 0 Å². The van der Waals surface area contributed by atoms with Gasteiger partial charge in [-0.25, -0.2) is 0 Å². The van der Waals surface area contributed by atoms with Crippen LogP contribution in [0.1, 0.15) is 58.8 Å². The molecule has 1 aliphatic carbocycles. The second-order valence-electron chi connectivity index (χ2n) is 5.75. The van der Waals surface area contributed by atoms with Crippen molar-refractivity contribution in [2.45, 2.75) is 69.6 Å². The summed E-state index contributed by atoms with van der Waals surface area (Å²) in [5, 5.41) is 9.69. The van der Waals surface area contributed by atoms with Gasteiger partial charge in [-0.3, -0.25) is 0 Å². The molecule has 0 aromatic rings. The van der Waals surface area contributed by atoms with Crippen LogP contribution in [0.15, 0.2) is 0 Å². The molecule has 1 aliphatic rings. The van der Waals surface area contributed by atoms with E-state index in [9.17, 15) is 0 Å². The number of rotatable bonds is 6. The first-order valence-electron chi connectivity index (χ1n) is 6.85. The normalized spacial score (nSPS) is 28.4. The highest BCUT2D eigenvalue weighted by atomic mass is 32.2. The Morgan fingerprint density at radius 2 is 2.18 bits per heavy atom. The van der Waals surface area contributed by atoms with Crippen molar-refractivity contribution in [3.63, 3.8) is 0 Å². The third-order valence-corrected chi connectivity index (χ3v) is 5.01. The van der Waals surface area contributed by atoms with Crippen LogP contribution in [0.2, 0.25) is 0 Å². The molecular weight excluding hydrogens is 228 g/mol. The SMILES string of the molecule is CC1CCCC(SCCCCC(C)(N)C#N)C1. The van der Waals surface area contributed by atoms with Crippen molar-refractivity contribution in [1.82, 2.24) is 0 Å². The number of nitrogens with zero attached hydrogens (tertiary/aromatic N) is 1. The van der Waals surface area contributed by atoms with E-state index in [0.717, 1.165) is 24.0 Å². The molecule has 1 fully saturated rings. The highest BCUT2D eigenvalue weighted by molar-refractivity contribution is 7.99. The summed E-state index contributed by atoms with van der Waals surface area (Å²) in [5.41, 5.74) is 5.17. The monoisotopic (exact) mass is 254 g/mol. The maximum Gasteiger partial charge on any atom is 0.101 e. The number of hydrogen-bond donors (Lipinski definition) is 1. The summed E-state index contributed by atoms with van der Waals surface area (Å²) in [6.07, 6.45) is 8.74. The lowest BCUT2D eigenvalue weighted by molar-refractivity contribution is 0.394. The lowest BCUT2D eigenvalue weighted by Gasteiger charge is -2.26. The van der Waals surface area contributed by atoms with Crippen LogP contribution < -0.4 is 5.73 Å². The summed E-state index contributed by atoms with van der Waals surface area (Å²) in [7, 11) is 0. The predicted octanol–water partition coefficient (Wildman–Crippen LogP) is 3.71. The molecule has 3 atom stereocenters. The zero-order valence-electron chi connectivity index (χ0n) is 11.2. The van der Waals surface area contributed by atoms with E-state index in [1.54, 1.807) is 0 Å². The molecule has 3 unspecified atom stereocenters. The van der Waals surface area contributed by atoms with Gasteiger partial charge in [0.1, 0.15) is 5.54 Å². The van der Waals surface area contributed by atoms with Crippen LogP contribution in [0.25, 0.3) is 0 Å². The molecule has 0 aromatic carbocycles. The van der Waals surface area contributed by atoms with E-state index in [1.165, 1.54) is 37.9 Å². The van der Waals surface area contributed by atoms with E-state index in [-0.39, 0.29) is 0 Å². The fraction of sp³-hybridized carbons (Fsp3) is 0.929. The summed E-state index contributed by atoms with van der Waals surface area (Å²) >= 11 is 2.14. The zero-order chi connectivity index (χ0) is 12.7. The van der Waals surface area contributed by atoms with E-state index < -0.39 is 5.54 Å². The van der Waals surface area contributed by atoms with Gasteiger partial charge in [0.05, 0.1) is 6.07 Å². The minimum absolute atomic E-state index is 0.621. The lowest BCUT2D eigenvalue weighted by atomic mass is 9.91. The van der Waals surface area contributed by atoms with Crippen LogP contribution in [0.5, 0.6) is 0 Å². The molecule has 17 heavy (non-hydrogen) atoms. The number of nitriles is 1. The third-order valence-electron chi connectivity index (χ3n) is 3.59. The topological polar surface area (TPSA) is 49.8 Å². The van der Waals surface area contributed by atoms with Gasteiger partial charge in [0.15, 0.2) is 0 Å². The van der Waals surface area contributed by atoms with Gasteiger partial charge in [-0.2, -0.15) is 17.0 Å². The Labute approximate surface area is 110 Å². The molecule has 3 heteroatoms. The van der Waals surface area contributed by atoms with E-state index in [1.807, 2.05) is 6.92 Å². The lowest BCUT2D eigenvalue weighted by Crippen LogP contribution is -2.33. The summed E-state index contributed by atoms with van der Waals surface area (Å²) in [6.45, 7) is 4.20. The molecule has 0 saturated heterocycles. The molecular formula is C14H26N2S. The van der Waals surface area contributed by atoms with Crippen LogP contribution in [0, 0.1) is 17.2 Å². The minimum atomic E-state index is -0.621. The Morgan fingerprint density at radius 1 is 1.41 bits per heavy atom. The van der Waals surface area contributed by atoms with Crippen LogP contribution in [-0.2, 0) is 0 Å². The summed E-state index contributed by atoms with van der Waals surface area (Å²) in [6, 6.07) is 2.16. The smallest absolute Gasteiger partial charge is 0.101 e. The van der Waals surface area contributed by atoms with E-state index in [0.29, 0.717) is 0 Å². The molecule has 0 aliphatic heterocycles. The van der Waals surface area contributed by atoms with E-state index in [2.05, 4.69) is 24.8 Å². The van der Waals surface area contributed by atoms with E-state index in [4.69, 9.17) is 11.0 Å². The second-order valence-corrected chi connectivity index (χ2v) is 7.16. The van der Waals surface area contributed by atoms with Crippen molar-refractivity contribution < 1.29 is 0 Å². The van der Waals surface area contributed by atoms with Crippen molar-refractivity contribution in [1.29, 1.82) is 5.26 Å². The van der Waals surface area contributed by atoms with Gasteiger partial charge in [-0.05, 0) is 50.7 Å². The number of hydrogen-bond acceptors (Lipinski definition) is 3. The van der Waals surface area contributed by atoms with Crippen molar-refractivity contribution in [2.75, 3.05) is 5.75 Å². The fourth-order valence-electron chi connectivity index (χ4n) is 2.43. The first-order chi connectivity index (χ1) is 8.03. The highest BCUT2D eigenvalue weighted by Crippen LogP contribution is 2.32. The third kappa shape index (κ3) is 6.33. The molecule has 0 bridgehead atoms. The van der Waals surface area contributed by atoms with Gasteiger partial charge in [-0.15, -0.1) is 0 Å². The maximum absolute atomic E-state index is 8.80. The van der Waals surface area contributed by atoms with Crippen LogP contribution >= 0.6 is 11.8 Å². The first kappa shape index (κ1) is 14.9. The Balaban J connectivity index is 2.03. The molecule has 1 rings (SSSR count). The number of nitrogens with two attached hydrogens (primary N) is 1. The van der Waals surface area contributed by atoms with Crippen molar-refractivity contribution in [3.8, 4) is 6.07 Å². The quantitative estimate of drug-likeness (QED) is 0.735. The maximum atomic E-state index is 8.80. The molecule has 1 saturated carbocycles. The highest BCUT2D eigenvalue weighted by Gasteiger charge is 2.19. The minimum Gasteiger partial charge on any atom is -0.314 e. The van der Waals surface area contributed by atoms with Gasteiger partial charge in [0.2, 0.25) is 0 Å². The van der Waals surface area contributed by atoms with Crippen LogP contribution in [-0.4, -0.2) is 16.5 Å². The van der Waals surface area contributed by atoms with Crippen LogP contribution in [0.3, 0.4) is 0 Å². The average Bonchev–Trinajstić information content (AvgIpc) is 2.29. The van der Waals surface area contributed by atoms with Gasteiger partial charge < -0.3 is 5.73 Å². The molecule has 0 heterocycles. The molecule has 0 aromatic heterocycles. The van der Waals surface area contributed by atoms with Crippen molar-refractivity contribution in [2.24, 2.45) is 11.7 Å². The average molecular weight is 254 g/mol. The van der Waals surface area contributed by atoms with Crippen molar-refractivity contribution in [3.05, 3.63) is 0 Å². The Bertz CT molecular complexity index is 257. The van der Waals surface area contributed by atoms with E-state index >= 15 is 0 Å². The molecule has 0 spiro atoms. The largest absolute Gasteiger partial charge is 0.314 e. The van der Waals surface area contributed by atoms with Crippen molar-refractivity contribution >= 4 is 11.8 Å². The fourth-order valence-corrected chi connectivity index (χ4v) is 3.93. The standard InChI is InChI=1S/C14H26N2S/c1-12-6-5-7-13(10-12)17-9-4-3-8-14(2,16)11-15/h12-13H,3-10,16H2,1-2H3. The Hall–Kier alpha value is -0.200. The number of unbranched alkanes of at least 4 members (excludes halogenated alkanes) is 1. The van der Waals surface area contributed by atoms with Crippen LogP contribution in [0.4, 0.5) is 0 Å². The van der Waals surface area contributed by atoms with Gasteiger partial charge in [0, 0.05) is 5.25 Å². The first-order valence-corrected chi connectivity index (χ1v) is 7.90. The number of thioether (sulfide) groups is 1. The van der Waals surface area contributed by atoms with Gasteiger partial charge in [0.25, 0.3) is 0 Å². The predicted molar refractivity (Wildman–Crippen MR) is 75.9 cm³/mol. The molecule has 98 valence electrons. The Kier molecular flexibility index (Phi) is 6.37. The molecule has 2 nitrogen and oxygen atoms in total. The molecule has 2 N–H and O–H groups in total. The zero-order valence-corrected chi connectivity index (χ0v) is 12.1. The Morgan fingerprint density at radius 3 is 2.82 bits per heavy atom. The molecule has 0 radical (unpaired) electrons. The summed E-state index contributed by atoms with van der Waals surface area (Å²) in [4.78, 5) is 0. The van der Waals surface area contributed by atoms with Gasteiger partial charge in [-0.1, -0.05) is 19.8 Å². The summed E-state index contributed by atoms with van der Waals surface area (Å²) < 4.78 is 0.